The molecule has 0 fully saturated rings. The molecule has 0 aromatic heterocycles. The Bertz CT molecular complexity index is 526. The monoisotopic (exact) mass is 257 g/mol. The normalized spacial score (nSPS) is 12.1. The Labute approximate surface area is 113 Å². The molecule has 2 aromatic rings. The molecule has 0 aliphatic rings. The Balaban J connectivity index is 2.22. The van der Waals surface area contributed by atoms with Gasteiger partial charge in [0.25, 0.3) is 0 Å². The maximum atomic E-state index is 9.63. The average Bonchev–Trinajstić information content (AvgIpc) is 2.46. The van der Waals surface area contributed by atoms with E-state index >= 15 is 0 Å². The molecular formula is C16H19NO2. The van der Waals surface area contributed by atoms with Crippen LogP contribution in [0.2, 0.25) is 0 Å². The van der Waals surface area contributed by atoms with Crippen LogP contribution in [-0.4, -0.2) is 19.3 Å². The summed E-state index contributed by atoms with van der Waals surface area (Å²) in [6, 6.07) is 16.0. The third kappa shape index (κ3) is 3.26. The summed E-state index contributed by atoms with van der Waals surface area (Å²) in [7, 11) is 3.50. The third-order valence-corrected chi connectivity index (χ3v) is 3.24. The average molecular weight is 257 g/mol. The van der Waals surface area contributed by atoms with E-state index < -0.39 is 0 Å². The van der Waals surface area contributed by atoms with Gasteiger partial charge in [-0.2, -0.15) is 0 Å². The van der Waals surface area contributed by atoms with E-state index in [0.29, 0.717) is 5.75 Å². The number of methoxy groups -OCH3 is 1. The molecule has 2 N–H and O–H groups in total. The maximum absolute atomic E-state index is 9.63. The Kier molecular flexibility index (Phi) is 4.42. The first kappa shape index (κ1) is 13.4. The minimum absolute atomic E-state index is 0.167. The molecule has 3 heteroatoms. The molecule has 0 bridgehead atoms. The summed E-state index contributed by atoms with van der Waals surface area (Å²) in [5.74, 6) is 0.673. The number of phenols is 1. The molecule has 0 heterocycles. The van der Waals surface area contributed by atoms with Crippen molar-refractivity contribution >= 4 is 0 Å². The van der Waals surface area contributed by atoms with Crippen molar-refractivity contribution in [1.82, 2.24) is 5.32 Å². The van der Waals surface area contributed by atoms with Crippen LogP contribution in [-0.2, 0) is 6.42 Å². The molecule has 19 heavy (non-hydrogen) atoms. The smallest absolute Gasteiger partial charge is 0.160 e. The second-order valence-electron chi connectivity index (χ2n) is 4.46. The van der Waals surface area contributed by atoms with Crippen molar-refractivity contribution in [3.05, 3.63) is 59.7 Å². The van der Waals surface area contributed by atoms with Gasteiger partial charge in [-0.1, -0.05) is 36.4 Å². The number of phenolic OH excluding ortho intramolecular Hbond substituents is 1. The molecule has 2 rings (SSSR count). The Morgan fingerprint density at radius 3 is 2.53 bits per heavy atom. The van der Waals surface area contributed by atoms with Crippen LogP contribution in [0, 0.1) is 0 Å². The zero-order valence-corrected chi connectivity index (χ0v) is 11.3. The highest BCUT2D eigenvalue weighted by Crippen LogP contribution is 2.29. The first-order valence-corrected chi connectivity index (χ1v) is 6.32. The van der Waals surface area contributed by atoms with Crippen LogP contribution in [0.3, 0.4) is 0 Å². The summed E-state index contributed by atoms with van der Waals surface area (Å²) in [5, 5.41) is 12.9. The van der Waals surface area contributed by atoms with E-state index in [0.717, 1.165) is 12.0 Å². The second kappa shape index (κ2) is 6.25. The fourth-order valence-corrected chi connectivity index (χ4v) is 2.15. The standard InChI is InChI=1S/C16H19NO2/c1-17-14(10-12-6-4-3-5-7-12)13-8-9-15(18)16(11-13)19-2/h3-9,11,14,17-18H,10H2,1-2H3/t14-/m1/s1. The Morgan fingerprint density at radius 1 is 1.16 bits per heavy atom. The number of hydrogen-bond donors (Lipinski definition) is 2. The first-order chi connectivity index (χ1) is 9.24. The molecule has 0 aliphatic heterocycles. The van der Waals surface area contributed by atoms with Gasteiger partial charge in [0.05, 0.1) is 7.11 Å². The molecular weight excluding hydrogens is 238 g/mol. The predicted octanol–water partition coefficient (Wildman–Crippen LogP) is 2.90. The third-order valence-electron chi connectivity index (χ3n) is 3.24. The van der Waals surface area contributed by atoms with Gasteiger partial charge in [0, 0.05) is 6.04 Å². The number of hydrogen-bond acceptors (Lipinski definition) is 3. The molecule has 0 saturated carbocycles. The molecule has 3 nitrogen and oxygen atoms in total. The Hall–Kier alpha value is -2.00. The fourth-order valence-electron chi connectivity index (χ4n) is 2.15. The fraction of sp³-hybridized carbons (Fsp3) is 0.250. The van der Waals surface area contributed by atoms with Crippen molar-refractivity contribution in [2.45, 2.75) is 12.5 Å². The van der Waals surface area contributed by atoms with Gasteiger partial charge in [0.15, 0.2) is 11.5 Å². The summed E-state index contributed by atoms with van der Waals surface area (Å²) < 4.78 is 5.15. The molecule has 100 valence electrons. The van der Waals surface area contributed by atoms with Gasteiger partial charge in [-0.25, -0.2) is 0 Å². The van der Waals surface area contributed by atoms with Crippen LogP contribution in [0.15, 0.2) is 48.5 Å². The quantitative estimate of drug-likeness (QED) is 0.865. The van der Waals surface area contributed by atoms with Crippen LogP contribution in [0.25, 0.3) is 0 Å². The second-order valence-corrected chi connectivity index (χ2v) is 4.46. The lowest BCUT2D eigenvalue weighted by Gasteiger charge is -2.18. The van der Waals surface area contributed by atoms with Crippen molar-refractivity contribution in [2.75, 3.05) is 14.2 Å². The number of nitrogens with one attached hydrogen (secondary N) is 1. The first-order valence-electron chi connectivity index (χ1n) is 6.32. The number of aromatic hydroxyl groups is 1. The predicted molar refractivity (Wildman–Crippen MR) is 76.6 cm³/mol. The minimum atomic E-state index is 0.167. The molecule has 1 atom stereocenters. The van der Waals surface area contributed by atoms with E-state index in [-0.39, 0.29) is 11.8 Å². The number of likely N-dealkylation sites (N-methyl/N-ethyl adjacent to an activating group) is 1. The summed E-state index contributed by atoms with van der Waals surface area (Å²) in [6.07, 6.45) is 0.894. The van der Waals surface area contributed by atoms with Gasteiger partial charge < -0.3 is 15.2 Å². The number of benzene rings is 2. The topological polar surface area (TPSA) is 41.5 Å². The van der Waals surface area contributed by atoms with Crippen LogP contribution < -0.4 is 10.1 Å². The van der Waals surface area contributed by atoms with Gasteiger partial charge >= 0.3 is 0 Å². The molecule has 0 spiro atoms. The van der Waals surface area contributed by atoms with E-state index in [9.17, 15) is 5.11 Å². The lowest BCUT2D eigenvalue weighted by molar-refractivity contribution is 0.372. The van der Waals surface area contributed by atoms with Crippen LogP contribution in [0.1, 0.15) is 17.2 Å². The van der Waals surface area contributed by atoms with Crippen LogP contribution in [0.4, 0.5) is 0 Å². The van der Waals surface area contributed by atoms with Gasteiger partial charge in [0.2, 0.25) is 0 Å². The zero-order chi connectivity index (χ0) is 13.7. The van der Waals surface area contributed by atoms with E-state index in [4.69, 9.17) is 4.74 Å². The molecule has 2 aromatic carbocycles. The van der Waals surface area contributed by atoms with Crippen LogP contribution >= 0.6 is 0 Å². The van der Waals surface area contributed by atoms with Crippen molar-refractivity contribution in [3.63, 3.8) is 0 Å². The highest BCUT2D eigenvalue weighted by molar-refractivity contribution is 5.43. The lowest BCUT2D eigenvalue weighted by Crippen LogP contribution is -2.18. The summed E-state index contributed by atoms with van der Waals surface area (Å²) in [4.78, 5) is 0. The maximum Gasteiger partial charge on any atom is 0.160 e. The highest BCUT2D eigenvalue weighted by atomic mass is 16.5. The Morgan fingerprint density at radius 2 is 1.89 bits per heavy atom. The molecule has 0 unspecified atom stereocenters. The molecule has 0 amide bonds. The van der Waals surface area contributed by atoms with E-state index in [1.807, 2.05) is 37.4 Å². The van der Waals surface area contributed by atoms with Gasteiger partial charge in [-0.15, -0.1) is 0 Å². The lowest BCUT2D eigenvalue weighted by atomic mass is 9.98. The largest absolute Gasteiger partial charge is 0.504 e. The number of ether oxygens (including phenoxy) is 1. The summed E-state index contributed by atoms with van der Waals surface area (Å²) in [5.41, 5.74) is 2.37. The van der Waals surface area contributed by atoms with Crippen molar-refractivity contribution in [3.8, 4) is 11.5 Å². The SMILES string of the molecule is CN[C@H](Cc1ccccc1)c1ccc(O)c(OC)c1. The van der Waals surface area contributed by atoms with Gasteiger partial charge in [-0.05, 0) is 36.7 Å². The molecule has 0 radical (unpaired) electrons. The van der Waals surface area contributed by atoms with Gasteiger partial charge in [-0.3, -0.25) is 0 Å². The number of rotatable bonds is 5. The van der Waals surface area contributed by atoms with Gasteiger partial charge in [0.1, 0.15) is 0 Å². The highest BCUT2D eigenvalue weighted by Gasteiger charge is 2.12. The van der Waals surface area contributed by atoms with Crippen molar-refractivity contribution in [2.24, 2.45) is 0 Å². The van der Waals surface area contributed by atoms with Crippen molar-refractivity contribution < 1.29 is 9.84 Å². The summed E-state index contributed by atoms with van der Waals surface area (Å²) in [6.45, 7) is 0. The summed E-state index contributed by atoms with van der Waals surface area (Å²) >= 11 is 0. The van der Waals surface area contributed by atoms with E-state index in [1.165, 1.54) is 5.56 Å². The molecule has 0 saturated heterocycles. The van der Waals surface area contributed by atoms with Crippen molar-refractivity contribution in [1.29, 1.82) is 0 Å². The minimum Gasteiger partial charge on any atom is -0.504 e. The van der Waals surface area contributed by atoms with E-state index in [2.05, 4.69) is 17.4 Å². The van der Waals surface area contributed by atoms with Crippen LogP contribution in [0.5, 0.6) is 11.5 Å². The molecule has 0 aliphatic carbocycles. The van der Waals surface area contributed by atoms with E-state index in [1.54, 1.807) is 13.2 Å². The zero-order valence-electron chi connectivity index (χ0n) is 11.3.